The van der Waals surface area contributed by atoms with E-state index in [1.807, 2.05) is 13.8 Å². The van der Waals surface area contributed by atoms with Gasteiger partial charge in [-0.2, -0.15) is 0 Å². The van der Waals surface area contributed by atoms with Crippen LogP contribution in [-0.4, -0.2) is 15.5 Å². The average Bonchev–Trinajstić information content (AvgIpc) is 2.57. The van der Waals surface area contributed by atoms with Crippen LogP contribution in [0, 0.1) is 12.7 Å². The minimum Gasteiger partial charge on any atom is -0.332 e. The Hall–Kier alpha value is -2.73. The largest absolute Gasteiger partial charge is 0.332 e. The quantitative estimate of drug-likeness (QED) is 0.774. The van der Waals surface area contributed by atoms with Crippen LogP contribution < -0.4 is 10.7 Å². The fourth-order valence-corrected chi connectivity index (χ4v) is 2.70. The van der Waals surface area contributed by atoms with Gasteiger partial charge in [-0.05, 0) is 44.2 Å². The van der Waals surface area contributed by atoms with Crippen molar-refractivity contribution in [3.05, 3.63) is 68.8 Å². The molecular formula is C18H15ClFN3O2. The molecule has 0 radical (unpaired) electrons. The normalized spacial score (nSPS) is 10.9. The molecule has 25 heavy (non-hydrogen) atoms. The van der Waals surface area contributed by atoms with Gasteiger partial charge in [-0.1, -0.05) is 11.6 Å². The van der Waals surface area contributed by atoms with Gasteiger partial charge in [-0.25, -0.2) is 9.37 Å². The van der Waals surface area contributed by atoms with E-state index in [9.17, 15) is 14.0 Å². The molecule has 0 aliphatic rings. The summed E-state index contributed by atoms with van der Waals surface area (Å²) in [5, 5.41) is 2.98. The number of aryl methyl sites for hydroxylation is 2. The molecule has 0 unspecified atom stereocenters. The maximum absolute atomic E-state index is 13.9. The molecule has 0 aliphatic heterocycles. The number of aromatic nitrogens is 2. The summed E-state index contributed by atoms with van der Waals surface area (Å²) in [6.45, 7) is 4.24. The lowest BCUT2D eigenvalue weighted by molar-refractivity contribution is 0.102. The number of rotatable bonds is 3. The van der Waals surface area contributed by atoms with E-state index in [4.69, 9.17) is 11.6 Å². The molecule has 0 spiro atoms. The zero-order chi connectivity index (χ0) is 18.1. The molecule has 1 amide bonds. The maximum Gasteiger partial charge on any atom is 0.261 e. The summed E-state index contributed by atoms with van der Waals surface area (Å²) in [6.07, 6.45) is 1.44. The van der Waals surface area contributed by atoms with E-state index < -0.39 is 17.2 Å². The number of halogens is 2. The highest BCUT2D eigenvalue weighted by atomic mass is 35.5. The van der Waals surface area contributed by atoms with E-state index in [-0.39, 0.29) is 16.3 Å². The van der Waals surface area contributed by atoms with Crippen molar-refractivity contribution in [1.29, 1.82) is 0 Å². The van der Waals surface area contributed by atoms with Crippen molar-refractivity contribution < 1.29 is 9.18 Å². The Labute approximate surface area is 148 Å². The first kappa shape index (κ1) is 17.1. The topological polar surface area (TPSA) is 64.0 Å². The number of hydrogen-bond donors (Lipinski definition) is 1. The zero-order valence-electron chi connectivity index (χ0n) is 13.6. The van der Waals surface area contributed by atoms with Crippen molar-refractivity contribution in [3.8, 4) is 0 Å². The third-order valence-corrected chi connectivity index (χ3v) is 4.06. The average molecular weight is 360 g/mol. The Morgan fingerprint density at radius 3 is 2.76 bits per heavy atom. The van der Waals surface area contributed by atoms with Crippen LogP contribution >= 0.6 is 11.6 Å². The van der Waals surface area contributed by atoms with Gasteiger partial charge in [0, 0.05) is 23.5 Å². The van der Waals surface area contributed by atoms with E-state index in [2.05, 4.69) is 10.3 Å². The molecule has 1 aromatic carbocycles. The predicted molar refractivity (Wildman–Crippen MR) is 95.8 cm³/mol. The Balaban J connectivity index is 2.08. The summed E-state index contributed by atoms with van der Waals surface area (Å²) in [5.74, 6) is -1.36. The second-order valence-corrected chi connectivity index (χ2v) is 6.00. The minimum atomic E-state index is -0.684. The lowest BCUT2D eigenvalue weighted by Crippen LogP contribution is -2.24. The van der Waals surface area contributed by atoms with Crippen LogP contribution in [0.5, 0.6) is 0 Å². The van der Waals surface area contributed by atoms with E-state index >= 15 is 0 Å². The summed E-state index contributed by atoms with van der Waals surface area (Å²) in [6, 6.07) is 7.25. The number of amides is 1. The van der Waals surface area contributed by atoms with Crippen LogP contribution in [-0.2, 0) is 6.54 Å². The first-order valence-corrected chi connectivity index (χ1v) is 8.05. The van der Waals surface area contributed by atoms with Gasteiger partial charge in [0.2, 0.25) is 5.43 Å². The number of fused-ring (bicyclic) bond motifs is 1. The van der Waals surface area contributed by atoms with Crippen LogP contribution in [0.3, 0.4) is 0 Å². The predicted octanol–water partition coefficient (Wildman–Crippen LogP) is 3.77. The van der Waals surface area contributed by atoms with Crippen LogP contribution in [0.15, 0.2) is 41.3 Å². The van der Waals surface area contributed by atoms with Crippen molar-refractivity contribution >= 4 is 34.2 Å². The summed E-state index contributed by atoms with van der Waals surface area (Å²) in [5.41, 5.74) is 0.726. The highest BCUT2D eigenvalue weighted by molar-refractivity contribution is 6.30. The number of carbonyl (C=O) groups is 1. The number of benzene rings is 1. The maximum atomic E-state index is 13.9. The number of anilines is 1. The van der Waals surface area contributed by atoms with Gasteiger partial charge in [-0.3, -0.25) is 9.59 Å². The van der Waals surface area contributed by atoms with Crippen LogP contribution in [0.2, 0.25) is 5.02 Å². The van der Waals surface area contributed by atoms with Crippen molar-refractivity contribution in [2.45, 2.75) is 20.4 Å². The molecule has 0 atom stereocenters. The highest BCUT2D eigenvalue weighted by Crippen LogP contribution is 2.19. The molecule has 128 valence electrons. The van der Waals surface area contributed by atoms with E-state index in [1.165, 1.54) is 18.3 Å². The van der Waals surface area contributed by atoms with Gasteiger partial charge in [0.15, 0.2) is 0 Å². The van der Waals surface area contributed by atoms with E-state index in [0.717, 1.165) is 11.8 Å². The Morgan fingerprint density at radius 2 is 2.08 bits per heavy atom. The highest BCUT2D eigenvalue weighted by Gasteiger charge is 2.17. The number of hydrogen-bond acceptors (Lipinski definition) is 3. The lowest BCUT2D eigenvalue weighted by atomic mass is 10.1. The molecule has 2 heterocycles. The molecule has 7 heteroatoms. The second-order valence-electron chi connectivity index (χ2n) is 5.56. The first-order valence-electron chi connectivity index (χ1n) is 7.68. The Bertz CT molecular complexity index is 1050. The van der Waals surface area contributed by atoms with Crippen LogP contribution in [0.4, 0.5) is 10.1 Å². The SMILES string of the molecule is CCn1cc(C(=O)Nc2ccc(Cl)cc2F)c(=O)c2ccc(C)nc21. The molecule has 0 fully saturated rings. The summed E-state index contributed by atoms with van der Waals surface area (Å²) in [4.78, 5) is 29.5. The van der Waals surface area contributed by atoms with Crippen molar-refractivity contribution in [3.63, 3.8) is 0 Å². The molecule has 3 rings (SSSR count). The molecule has 2 aromatic heterocycles. The molecule has 3 aromatic rings. The molecule has 5 nitrogen and oxygen atoms in total. The molecule has 0 bridgehead atoms. The first-order chi connectivity index (χ1) is 11.9. The minimum absolute atomic E-state index is 0.0426. The monoisotopic (exact) mass is 359 g/mol. The smallest absolute Gasteiger partial charge is 0.261 e. The number of nitrogens with one attached hydrogen (secondary N) is 1. The van der Waals surface area contributed by atoms with Gasteiger partial charge in [0.1, 0.15) is 17.0 Å². The number of carbonyl (C=O) groups excluding carboxylic acids is 1. The molecule has 0 saturated heterocycles. The van der Waals surface area contributed by atoms with Gasteiger partial charge in [0.05, 0.1) is 11.1 Å². The lowest BCUT2D eigenvalue weighted by Gasteiger charge is -2.12. The number of nitrogens with zero attached hydrogens (tertiary/aromatic N) is 2. The molecule has 1 N–H and O–H groups in total. The van der Waals surface area contributed by atoms with Gasteiger partial charge < -0.3 is 9.88 Å². The third kappa shape index (κ3) is 3.25. The Morgan fingerprint density at radius 1 is 1.32 bits per heavy atom. The summed E-state index contributed by atoms with van der Waals surface area (Å²) in [7, 11) is 0. The standard InChI is InChI=1S/C18H15ClFN3O2/c1-3-23-9-13(16(24)12-6-4-10(2)21-17(12)23)18(25)22-15-7-5-11(19)8-14(15)20/h4-9H,3H2,1-2H3,(H,22,25). The fourth-order valence-electron chi connectivity index (χ4n) is 2.54. The van der Waals surface area contributed by atoms with E-state index in [1.54, 1.807) is 16.7 Å². The van der Waals surface area contributed by atoms with Crippen LogP contribution in [0.1, 0.15) is 23.0 Å². The fraction of sp³-hybridized carbons (Fsp3) is 0.167. The third-order valence-electron chi connectivity index (χ3n) is 3.83. The number of pyridine rings is 2. The molecule has 0 aliphatic carbocycles. The summed E-state index contributed by atoms with van der Waals surface area (Å²) >= 11 is 5.70. The van der Waals surface area contributed by atoms with Gasteiger partial charge >= 0.3 is 0 Å². The second kappa shape index (κ2) is 6.64. The van der Waals surface area contributed by atoms with E-state index in [0.29, 0.717) is 17.6 Å². The zero-order valence-corrected chi connectivity index (χ0v) is 14.4. The van der Waals surface area contributed by atoms with Crippen molar-refractivity contribution in [2.24, 2.45) is 0 Å². The molecular weight excluding hydrogens is 345 g/mol. The van der Waals surface area contributed by atoms with Gasteiger partial charge in [0.25, 0.3) is 5.91 Å². The van der Waals surface area contributed by atoms with Gasteiger partial charge in [-0.15, -0.1) is 0 Å². The molecule has 0 saturated carbocycles. The van der Waals surface area contributed by atoms with Crippen LogP contribution in [0.25, 0.3) is 11.0 Å². The van der Waals surface area contributed by atoms with Crippen molar-refractivity contribution in [1.82, 2.24) is 9.55 Å². The summed E-state index contributed by atoms with van der Waals surface area (Å²) < 4.78 is 15.6. The van der Waals surface area contributed by atoms with Crippen molar-refractivity contribution in [2.75, 3.05) is 5.32 Å². The Kier molecular flexibility index (Phi) is 4.55.